The molecule has 4 aromatic rings. The number of fused-ring (bicyclic) bond motifs is 2. The van der Waals surface area contributed by atoms with Gasteiger partial charge in [0.15, 0.2) is 0 Å². The zero-order valence-corrected chi connectivity index (χ0v) is 20.1. The smallest absolute Gasteiger partial charge is 0.335 e. The topological polar surface area (TPSA) is 139 Å². The van der Waals surface area contributed by atoms with E-state index in [0.717, 1.165) is 16.7 Å². The third-order valence-corrected chi connectivity index (χ3v) is 6.65. The van der Waals surface area contributed by atoms with E-state index in [-0.39, 0.29) is 41.1 Å². The lowest BCUT2D eigenvalue weighted by Crippen LogP contribution is -2.30. The number of hydrogen-bond donors (Lipinski definition) is 3. The molecule has 2 amide bonds. The molecule has 1 atom stereocenters. The van der Waals surface area contributed by atoms with E-state index < -0.39 is 17.8 Å². The van der Waals surface area contributed by atoms with Crippen LogP contribution < -0.4 is 10.6 Å². The quantitative estimate of drug-likeness (QED) is 0.368. The third-order valence-electron chi connectivity index (χ3n) is 6.65. The molecule has 0 saturated carbocycles. The summed E-state index contributed by atoms with van der Waals surface area (Å²) in [6.07, 6.45) is 2.60. The van der Waals surface area contributed by atoms with Crippen LogP contribution in [0.3, 0.4) is 0 Å². The fraction of sp³-hybridized carbons (Fsp3) is 0.231. The van der Waals surface area contributed by atoms with Gasteiger partial charge in [0.25, 0.3) is 17.6 Å². The Hall–Kier alpha value is -4.67. The first-order valence-electron chi connectivity index (χ1n) is 11.6. The van der Waals surface area contributed by atoms with Crippen molar-refractivity contribution in [2.24, 2.45) is 0 Å². The molecular formula is C26H23FN6O4. The van der Waals surface area contributed by atoms with E-state index in [1.54, 1.807) is 38.1 Å². The Labute approximate surface area is 210 Å². The molecule has 37 heavy (non-hydrogen) atoms. The number of rotatable bonds is 6. The van der Waals surface area contributed by atoms with Gasteiger partial charge in [-0.25, -0.2) is 14.2 Å². The van der Waals surface area contributed by atoms with E-state index >= 15 is 0 Å². The molecule has 2 aromatic carbocycles. The van der Waals surface area contributed by atoms with Gasteiger partial charge in [-0.1, -0.05) is 18.2 Å². The molecule has 188 valence electrons. The number of hydrogen-bond acceptors (Lipinski definition) is 6. The van der Waals surface area contributed by atoms with E-state index in [4.69, 9.17) is 0 Å². The van der Waals surface area contributed by atoms with E-state index in [0.29, 0.717) is 24.0 Å². The van der Waals surface area contributed by atoms with Gasteiger partial charge in [-0.2, -0.15) is 0 Å². The Morgan fingerprint density at radius 3 is 2.70 bits per heavy atom. The van der Waals surface area contributed by atoms with E-state index in [1.165, 1.54) is 22.9 Å². The fourth-order valence-corrected chi connectivity index (χ4v) is 4.69. The summed E-state index contributed by atoms with van der Waals surface area (Å²) >= 11 is 0. The van der Waals surface area contributed by atoms with Gasteiger partial charge in [0.2, 0.25) is 0 Å². The maximum atomic E-state index is 13.5. The predicted molar refractivity (Wildman–Crippen MR) is 130 cm³/mol. The van der Waals surface area contributed by atoms with Crippen LogP contribution in [0, 0.1) is 19.7 Å². The number of benzene rings is 2. The zero-order valence-electron chi connectivity index (χ0n) is 20.1. The van der Waals surface area contributed by atoms with Crippen LogP contribution in [-0.2, 0) is 13.0 Å². The molecule has 2 aromatic heterocycles. The minimum absolute atomic E-state index is 0.0155. The Morgan fingerprint density at radius 1 is 1.14 bits per heavy atom. The molecule has 0 saturated heterocycles. The Kier molecular flexibility index (Phi) is 6.12. The summed E-state index contributed by atoms with van der Waals surface area (Å²) < 4.78 is 14.9. The normalized spacial score (nSPS) is 14.4. The summed E-state index contributed by atoms with van der Waals surface area (Å²) in [6.45, 7) is 3.56. The Morgan fingerprint density at radius 2 is 1.95 bits per heavy atom. The number of carbonyl (C=O) groups is 3. The zero-order chi connectivity index (χ0) is 26.3. The second-order valence-electron chi connectivity index (χ2n) is 8.97. The highest BCUT2D eigenvalue weighted by molar-refractivity contribution is 5.98. The molecule has 0 radical (unpaired) electrons. The SMILES string of the molecule is Cc1cc(CNC(=O)c2cc(C(=O)N[C@H]3CCc4c3ccc(C(=O)O)c4C)n3cnnc3n2)ccc1F. The third kappa shape index (κ3) is 4.51. The Balaban J connectivity index is 1.37. The van der Waals surface area contributed by atoms with E-state index in [9.17, 15) is 23.9 Å². The summed E-state index contributed by atoms with van der Waals surface area (Å²) in [5, 5.41) is 22.8. The number of nitrogens with one attached hydrogen (secondary N) is 2. The first-order chi connectivity index (χ1) is 17.7. The number of aromatic nitrogens is 4. The highest BCUT2D eigenvalue weighted by Gasteiger charge is 2.28. The highest BCUT2D eigenvalue weighted by Crippen LogP contribution is 2.35. The van der Waals surface area contributed by atoms with Crippen molar-refractivity contribution in [3.8, 4) is 0 Å². The summed E-state index contributed by atoms with van der Waals surface area (Å²) in [5.74, 6) is -2.20. The van der Waals surface area contributed by atoms with Crippen molar-refractivity contribution in [3.05, 3.63) is 93.3 Å². The van der Waals surface area contributed by atoms with Crippen LogP contribution >= 0.6 is 0 Å². The number of amides is 2. The summed E-state index contributed by atoms with van der Waals surface area (Å²) in [5.41, 5.74) is 4.04. The van der Waals surface area contributed by atoms with Gasteiger partial charge in [-0.15, -0.1) is 10.2 Å². The van der Waals surface area contributed by atoms with Crippen molar-refractivity contribution in [3.63, 3.8) is 0 Å². The van der Waals surface area contributed by atoms with Gasteiger partial charge in [0, 0.05) is 6.54 Å². The standard InChI is InChI=1S/C26H23FN6O4/c1-13-9-15(3-7-19(13)27)11-28-23(34)21-10-22(33-12-29-32-26(33)31-21)24(35)30-20-8-6-16-14(2)17(25(36)37)4-5-18(16)20/h3-5,7,9-10,12,20H,6,8,11H2,1-2H3,(H,28,34)(H,30,35)(H,36,37)/t20-/m0/s1. The molecule has 5 rings (SSSR count). The van der Waals surface area contributed by atoms with Crippen LogP contribution in [0.5, 0.6) is 0 Å². The monoisotopic (exact) mass is 502 g/mol. The molecule has 2 heterocycles. The molecule has 3 N–H and O–H groups in total. The Bertz CT molecular complexity index is 1580. The van der Waals surface area contributed by atoms with Crippen molar-refractivity contribution in [1.82, 2.24) is 30.2 Å². The van der Waals surface area contributed by atoms with Gasteiger partial charge in [0.1, 0.15) is 23.5 Å². The maximum Gasteiger partial charge on any atom is 0.335 e. The minimum atomic E-state index is -0.986. The number of aromatic carboxylic acids is 1. The molecule has 11 heteroatoms. The van der Waals surface area contributed by atoms with Gasteiger partial charge in [0.05, 0.1) is 11.6 Å². The molecule has 0 unspecified atom stereocenters. The van der Waals surface area contributed by atoms with Gasteiger partial charge < -0.3 is 15.7 Å². The van der Waals surface area contributed by atoms with Crippen molar-refractivity contribution in [1.29, 1.82) is 0 Å². The molecule has 1 aliphatic carbocycles. The second kappa shape index (κ2) is 9.41. The van der Waals surface area contributed by atoms with Crippen LogP contribution in [0.2, 0.25) is 0 Å². The van der Waals surface area contributed by atoms with Crippen molar-refractivity contribution >= 4 is 23.6 Å². The number of aryl methyl sites for hydroxylation is 1. The molecule has 1 aliphatic rings. The van der Waals surface area contributed by atoms with Gasteiger partial charge in [-0.3, -0.25) is 14.0 Å². The van der Waals surface area contributed by atoms with E-state index in [2.05, 4.69) is 25.8 Å². The summed E-state index contributed by atoms with van der Waals surface area (Å²) in [7, 11) is 0. The molecule has 0 bridgehead atoms. The maximum absolute atomic E-state index is 13.5. The fourth-order valence-electron chi connectivity index (χ4n) is 4.69. The predicted octanol–water partition coefficient (Wildman–Crippen LogP) is 2.93. The molecular weight excluding hydrogens is 479 g/mol. The van der Waals surface area contributed by atoms with Crippen molar-refractivity contribution < 1.29 is 23.9 Å². The van der Waals surface area contributed by atoms with E-state index in [1.807, 2.05) is 0 Å². The second-order valence-corrected chi connectivity index (χ2v) is 8.97. The van der Waals surface area contributed by atoms with Crippen LogP contribution in [-0.4, -0.2) is 42.5 Å². The number of nitrogens with zero attached hydrogens (tertiary/aromatic N) is 4. The molecule has 0 spiro atoms. The minimum Gasteiger partial charge on any atom is -0.478 e. The lowest BCUT2D eigenvalue weighted by Gasteiger charge is -2.16. The van der Waals surface area contributed by atoms with Crippen LogP contribution in [0.25, 0.3) is 5.78 Å². The molecule has 10 nitrogen and oxygen atoms in total. The molecule has 0 fully saturated rings. The van der Waals surface area contributed by atoms with Crippen LogP contribution in [0.4, 0.5) is 4.39 Å². The number of halogens is 1. The van der Waals surface area contributed by atoms with Crippen molar-refractivity contribution in [2.75, 3.05) is 0 Å². The molecule has 0 aliphatic heterocycles. The van der Waals surface area contributed by atoms with Crippen LogP contribution in [0.1, 0.15) is 71.6 Å². The van der Waals surface area contributed by atoms with Crippen molar-refractivity contribution in [2.45, 2.75) is 39.3 Å². The summed E-state index contributed by atoms with van der Waals surface area (Å²) in [4.78, 5) is 41.9. The average molecular weight is 503 g/mol. The lowest BCUT2D eigenvalue weighted by molar-refractivity contribution is 0.0695. The largest absolute Gasteiger partial charge is 0.478 e. The highest BCUT2D eigenvalue weighted by atomic mass is 19.1. The van der Waals surface area contributed by atoms with Gasteiger partial charge >= 0.3 is 5.97 Å². The first kappa shape index (κ1) is 24.0. The van der Waals surface area contributed by atoms with Crippen LogP contribution in [0.15, 0.2) is 42.7 Å². The number of carbonyl (C=O) groups excluding carboxylic acids is 2. The van der Waals surface area contributed by atoms with Gasteiger partial charge in [-0.05, 0) is 72.7 Å². The average Bonchev–Trinajstić information content (AvgIpc) is 3.51. The lowest BCUT2D eigenvalue weighted by atomic mass is 9.98. The number of carboxylic acids is 1. The summed E-state index contributed by atoms with van der Waals surface area (Å²) in [6, 6.07) is 8.90. The first-order valence-corrected chi connectivity index (χ1v) is 11.6. The number of carboxylic acid groups (broad SMARTS) is 1.